The number of unbranched alkanes of at least 4 members (excludes halogenated alkanes) is 5. The predicted molar refractivity (Wildman–Crippen MR) is 102 cm³/mol. The van der Waals surface area contributed by atoms with Gasteiger partial charge in [0.15, 0.2) is 0 Å². The second-order valence-electron chi connectivity index (χ2n) is 7.71. The van der Waals surface area contributed by atoms with Crippen molar-refractivity contribution in [2.75, 3.05) is 0 Å². The van der Waals surface area contributed by atoms with Crippen LogP contribution in [0.1, 0.15) is 81.9 Å². The molecule has 0 saturated carbocycles. The van der Waals surface area contributed by atoms with Crippen LogP contribution in [-0.2, 0) is 5.41 Å². The quantitative estimate of drug-likeness (QED) is 0.427. The van der Waals surface area contributed by atoms with E-state index in [0.717, 1.165) is 5.92 Å². The Bertz CT molecular complexity index is 600. The van der Waals surface area contributed by atoms with Gasteiger partial charge in [0.05, 0.1) is 0 Å². The van der Waals surface area contributed by atoms with Gasteiger partial charge in [-0.1, -0.05) is 95.2 Å². The standard InChI is InChI=1S/C24H30/c1-20(2)14-8-5-3-4-6-13-19-24(21-15-9-7-10-16-21)22-17-11-12-18-23(22)24/h7,9,11-12,16-18,20H,3-6,8,13-14,19H2,1-2H3. The molecule has 0 unspecified atom stereocenters. The smallest absolute Gasteiger partial charge is 0.0464 e. The summed E-state index contributed by atoms with van der Waals surface area (Å²) in [7, 11) is 0. The van der Waals surface area contributed by atoms with Gasteiger partial charge in [-0.2, -0.15) is 0 Å². The van der Waals surface area contributed by atoms with Gasteiger partial charge >= 0.3 is 0 Å². The van der Waals surface area contributed by atoms with E-state index >= 15 is 0 Å². The van der Waals surface area contributed by atoms with Gasteiger partial charge < -0.3 is 0 Å². The van der Waals surface area contributed by atoms with Gasteiger partial charge in [-0.05, 0) is 47.2 Å². The number of rotatable bonds is 10. The van der Waals surface area contributed by atoms with Gasteiger partial charge in [0.2, 0.25) is 0 Å². The van der Waals surface area contributed by atoms with Gasteiger partial charge in [-0.15, -0.1) is 0 Å². The lowest BCUT2D eigenvalue weighted by Gasteiger charge is -2.17. The van der Waals surface area contributed by atoms with E-state index < -0.39 is 0 Å². The fourth-order valence-electron chi connectivity index (χ4n) is 4.07. The van der Waals surface area contributed by atoms with Crippen LogP contribution in [0.4, 0.5) is 0 Å². The fraction of sp³-hybridized carbons (Fsp3) is 0.500. The van der Waals surface area contributed by atoms with Gasteiger partial charge in [0.1, 0.15) is 0 Å². The molecule has 2 aromatic carbocycles. The second-order valence-corrected chi connectivity index (χ2v) is 7.71. The third kappa shape index (κ3) is 3.74. The van der Waals surface area contributed by atoms with E-state index in [2.05, 4.69) is 56.3 Å². The summed E-state index contributed by atoms with van der Waals surface area (Å²) >= 11 is 0. The molecule has 0 nitrogen and oxygen atoms in total. The van der Waals surface area contributed by atoms with Crippen molar-refractivity contribution in [3.05, 3.63) is 71.3 Å². The van der Waals surface area contributed by atoms with Crippen LogP contribution in [0, 0.1) is 18.1 Å². The van der Waals surface area contributed by atoms with Crippen LogP contribution in [0.2, 0.25) is 0 Å². The van der Waals surface area contributed by atoms with E-state index in [4.69, 9.17) is 0 Å². The third-order valence-corrected chi connectivity index (χ3v) is 5.47. The lowest BCUT2D eigenvalue weighted by atomic mass is 9.85. The maximum Gasteiger partial charge on any atom is 0.0464 e. The molecule has 0 spiro atoms. The van der Waals surface area contributed by atoms with Crippen molar-refractivity contribution in [2.24, 2.45) is 5.92 Å². The highest BCUT2D eigenvalue weighted by atomic mass is 14.5. The molecule has 0 heteroatoms. The zero-order chi connectivity index (χ0) is 16.8. The molecule has 0 amide bonds. The Balaban J connectivity index is 1.48. The summed E-state index contributed by atoms with van der Waals surface area (Å²) in [6.45, 7) is 4.65. The Morgan fingerprint density at radius 2 is 1.54 bits per heavy atom. The zero-order valence-corrected chi connectivity index (χ0v) is 15.3. The minimum atomic E-state index is 0.152. The van der Waals surface area contributed by atoms with Crippen LogP contribution in [0.3, 0.4) is 0 Å². The second kappa shape index (κ2) is 8.01. The zero-order valence-electron chi connectivity index (χ0n) is 15.3. The first-order valence-electron chi connectivity index (χ1n) is 9.73. The molecular formula is C24H30. The normalized spacial score (nSPS) is 14.6. The summed E-state index contributed by atoms with van der Waals surface area (Å²) in [4.78, 5) is 0. The lowest BCUT2D eigenvalue weighted by molar-refractivity contribution is 0.502. The van der Waals surface area contributed by atoms with Gasteiger partial charge in [0, 0.05) is 5.41 Å². The first kappa shape index (κ1) is 17.3. The molecule has 0 heterocycles. The van der Waals surface area contributed by atoms with Crippen LogP contribution in [-0.4, -0.2) is 0 Å². The van der Waals surface area contributed by atoms with Crippen molar-refractivity contribution in [3.8, 4) is 0 Å². The molecule has 2 radical (unpaired) electrons. The van der Waals surface area contributed by atoms with Crippen LogP contribution in [0.5, 0.6) is 0 Å². The summed E-state index contributed by atoms with van der Waals surface area (Å²) in [5.41, 5.74) is 4.48. The summed E-state index contributed by atoms with van der Waals surface area (Å²) in [6.07, 6.45) is 10.9. The van der Waals surface area contributed by atoms with Crippen LogP contribution in [0.25, 0.3) is 0 Å². The largest absolute Gasteiger partial charge is 0.0628 e. The van der Waals surface area contributed by atoms with Crippen LogP contribution < -0.4 is 0 Å². The molecule has 1 aliphatic rings. The van der Waals surface area contributed by atoms with Gasteiger partial charge in [0.25, 0.3) is 0 Å². The van der Waals surface area contributed by atoms with Crippen molar-refractivity contribution < 1.29 is 0 Å². The summed E-state index contributed by atoms with van der Waals surface area (Å²) in [5.74, 6) is 0.858. The highest BCUT2D eigenvalue weighted by Gasteiger charge is 2.50. The molecule has 24 heavy (non-hydrogen) atoms. The highest BCUT2D eigenvalue weighted by molar-refractivity contribution is 5.67. The monoisotopic (exact) mass is 318 g/mol. The molecule has 0 atom stereocenters. The number of hydrogen-bond donors (Lipinski definition) is 0. The average Bonchev–Trinajstić information content (AvgIpc) is 3.27. The fourth-order valence-corrected chi connectivity index (χ4v) is 4.07. The van der Waals surface area contributed by atoms with E-state index in [0.29, 0.717) is 0 Å². The van der Waals surface area contributed by atoms with Gasteiger partial charge in [-0.3, -0.25) is 0 Å². The minimum absolute atomic E-state index is 0.152. The molecular weight excluding hydrogens is 288 g/mol. The number of benzene rings is 2. The molecule has 1 aliphatic carbocycles. The maximum absolute atomic E-state index is 3.47. The Morgan fingerprint density at radius 3 is 2.17 bits per heavy atom. The van der Waals surface area contributed by atoms with Crippen LogP contribution >= 0.6 is 0 Å². The first-order valence-corrected chi connectivity index (χ1v) is 9.73. The topological polar surface area (TPSA) is 0 Å². The molecule has 2 aromatic rings. The summed E-state index contributed by atoms with van der Waals surface area (Å²) in [6, 6.07) is 21.7. The lowest BCUT2D eigenvalue weighted by Crippen LogP contribution is -2.10. The van der Waals surface area contributed by atoms with Crippen molar-refractivity contribution >= 4 is 0 Å². The Morgan fingerprint density at radius 1 is 0.875 bits per heavy atom. The molecule has 3 rings (SSSR count). The van der Waals surface area contributed by atoms with Crippen molar-refractivity contribution in [1.82, 2.24) is 0 Å². The van der Waals surface area contributed by atoms with E-state index in [1.165, 1.54) is 68.1 Å². The molecule has 0 aliphatic heterocycles. The molecule has 0 bridgehead atoms. The summed E-state index contributed by atoms with van der Waals surface area (Å²) < 4.78 is 0. The Hall–Kier alpha value is -1.56. The molecule has 0 aromatic heterocycles. The Kier molecular flexibility index (Phi) is 5.76. The van der Waals surface area contributed by atoms with Crippen molar-refractivity contribution in [3.63, 3.8) is 0 Å². The van der Waals surface area contributed by atoms with Crippen molar-refractivity contribution in [1.29, 1.82) is 0 Å². The minimum Gasteiger partial charge on any atom is -0.0628 e. The predicted octanol–water partition coefficient (Wildman–Crippen LogP) is 6.71. The van der Waals surface area contributed by atoms with E-state index in [1.54, 1.807) is 0 Å². The molecule has 126 valence electrons. The summed E-state index contributed by atoms with van der Waals surface area (Å²) in [5, 5.41) is 0. The Labute approximate surface area is 148 Å². The van der Waals surface area contributed by atoms with E-state index in [-0.39, 0.29) is 5.41 Å². The third-order valence-electron chi connectivity index (χ3n) is 5.47. The van der Waals surface area contributed by atoms with Gasteiger partial charge in [-0.25, -0.2) is 0 Å². The van der Waals surface area contributed by atoms with E-state index in [9.17, 15) is 0 Å². The SMILES string of the molecule is CC(C)CCCCCCCCC1(c2[c]cc[c]c2)c2ccccc21. The molecule has 0 saturated heterocycles. The number of hydrogen-bond acceptors (Lipinski definition) is 0. The average molecular weight is 319 g/mol. The number of fused-ring (bicyclic) bond motifs is 1. The molecule has 0 fully saturated rings. The molecule has 0 N–H and O–H groups in total. The highest BCUT2D eigenvalue weighted by Crippen LogP contribution is 2.57. The van der Waals surface area contributed by atoms with E-state index in [1.807, 2.05) is 12.1 Å². The first-order chi connectivity index (χ1) is 11.7. The van der Waals surface area contributed by atoms with Crippen molar-refractivity contribution in [2.45, 2.75) is 70.6 Å². The maximum atomic E-state index is 3.47. The van der Waals surface area contributed by atoms with Crippen LogP contribution in [0.15, 0.2) is 42.5 Å².